The summed E-state index contributed by atoms with van der Waals surface area (Å²) < 4.78 is 15.3. The number of nitrogens with zero attached hydrogens (tertiary/aromatic N) is 1. The van der Waals surface area contributed by atoms with Gasteiger partial charge in [-0.2, -0.15) is 0 Å². The first-order chi connectivity index (χ1) is 11.5. The normalized spacial score (nSPS) is 10.8. The van der Waals surface area contributed by atoms with Crippen molar-refractivity contribution >= 4 is 22.5 Å². The molecule has 0 atom stereocenters. The molecule has 122 valence electrons. The molecule has 1 amide bonds. The lowest BCUT2D eigenvalue weighted by atomic mass is 10.1. The number of rotatable bonds is 3. The monoisotopic (exact) mass is 324 g/mol. The summed E-state index contributed by atoms with van der Waals surface area (Å²) in [5.41, 5.74) is 1.74. The smallest absolute Gasteiger partial charge is 0.261 e. The molecule has 3 rings (SSSR count). The number of hydrogen-bond acceptors (Lipinski definition) is 2. The SMILES string of the molecule is CCn1cc(C(=O)Nc2cccc(C)c2)c(=O)c2cc(F)ccc21. The predicted molar refractivity (Wildman–Crippen MR) is 93.0 cm³/mol. The molecule has 0 radical (unpaired) electrons. The van der Waals surface area contributed by atoms with Gasteiger partial charge in [0, 0.05) is 23.8 Å². The fourth-order valence-electron chi connectivity index (χ4n) is 2.71. The van der Waals surface area contributed by atoms with E-state index in [1.807, 2.05) is 32.0 Å². The Labute approximate surface area is 138 Å². The van der Waals surface area contributed by atoms with E-state index in [1.54, 1.807) is 16.7 Å². The molecular weight excluding hydrogens is 307 g/mol. The number of hydrogen-bond donors (Lipinski definition) is 1. The number of pyridine rings is 1. The van der Waals surface area contributed by atoms with Crippen molar-refractivity contribution in [3.63, 3.8) is 0 Å². The summed E-state index contributed by atoms with van der Waals surface area (Å²) in [7, 11) is 0. The summed E-state index contributed by atoms with van der Waals surface area (Å²) in [4.78, 5) is 25.1. The highest BCUT2D eigenvalue weighted by Crippen LogP contribution is 2.15. The number of carbonyl (C=O) groups excluding carboxylic acids is 1. The summed E-state index contributed by atoms with van der Waals surface area (Å²) >= 11 is 0. The van der Waals surface area contributed by atoms with Gasteiger partial charge in [0.25, 0.3) is 5.91 Å². The Balaban J connectivity index is 2.10. The van der Waals surface area contributed by atoms with Crippen molar-refractivity contribution < 1.29 is 9.18 Å². The summed E-state index contributed by atoms with van der Waals surface area (Å²) in [6, 6.07) is 11.3. The summed E-state index contributed by atoms with van der Waals surface area (Å²) in [5.74, 6) is -1.00. The summed E-state index contributed by atoms with van der Waals surface area (Å²) in [6.45, 7) is 4.38. The maximum absolute atomic E-state index is 13.5. The van der Waals surface area contributed by atoms with Crippen LogP contribution in [-0.2, 0) is 6.54 Å². The van der Waals surface area contributed by atoms with E-state index in [4.69, 9.17) is 0 Å². The molecule has 24 heavy (non-hydrogen) atoms. The quantitative estimate of drug-likeness (QED) is 0.798. The number of fused-ring (bicyclic) bond motifs is 1. The molecule has 0 saturated carbocycles. The molecule has 1 heterocycles. The lowest BCUT2D eigenvalue weighted by Gasteiger charge is -2.12. The first-order valence-corrected chi connectivity index (χ1v) is 7.70. The van der Waals surface area contributed by atoms with Crippen LogP contribution in [0.5, 0.6) is 0 Å². The maximum atomic E-state index is 13.5. The van der Waals surface area contributed by atoms with Gasteiger partial charge in [0.2, 0.25) is 5.43 Å². The van der Waals surface area contributed by atoms with Crippen molar-refractivity contribution in [3.8, 4) is 0 Å². The molecule has 3 aromatic rings. The zero-order valence-corrected chi connectivity index (χ0v) is 13.5. The molecule has 4 nitrogen and oxygen atoms in total. The van der Waals surface area contributed by atoms with Crippen LogP contribution < -0.4 is 10.7 Å². The summed E-state index contributed by atoms with van der Waals surface area (Å²) in [5, 5.41) is 2.93. The highest BCUT2D eigenvalue weighted by Gasteiger charge is 2.16. The lowest BCUT2D eigenvalue weighted by molar-refractivity contribution is 0.102. The van der Waals surface area contributed by atoms with Crippen molar-refractivity contribution in [1.82, 2.24) is 4.57 Å². The van der Waals surface area contributed by atoms with Crippen molar-refractivity contribution in [2.75, 3.05) is 5.32 Å². The average molecular weight is 324 g/mol. The minimum atomic E-state index is -0.501. The molecule has 5 heteroatoms. The first kappa shape index (κ1) is 15.9. The van der Waals surface area contributed by atoms with Gasteiger partial charge < -0.3 is 9.88 Å². The van der Waals surface area contributed by atoms with Crippen LogP contribution in [0.2, 0.25) is 0 Å². The fraction of sp³-hybridized carbons (Fsp3) is 0.158. The number of carbonyl (C=O) groups is 1. The van der Waals surface area contributed by atoms with E-state index in [2.05, 4.69) is 5.32 Å². The van der Waals surface area contributed by atoms with Crippen LogP contribution in [0, 0.1) is 12.7 Å². The molecular formula is C19H17FN2O2. The number of anilines is 1. The van der Waals surface area contributed by atoms with Gasteiger partial charge in [-0.1, -0.05) is 12.1 Å². The van der Waals surface area contributed by atoms with Gasteiger partial charge in [0.1, 0.15) is 11.4 Å². The second-order valence-corrected chi connectivity index (χ2v) is 5.64. The standard InChI is InChI=1S/C19H17FN2O2/c1-3-22-11-16(18(23)15-10-13(20)7-8-17(15)22)19(24)21-14-6-4-5-12(2)9-14/h4-11H,3H2,1-2H3,(H,21,24). The Morgan fingerprint density at radius 3 is 2.71 bits per heavy atom. The number of aryl methyl sites for hydroxylation is 2. The van der Waals surface area contributed by atoms with Gasteiger partial charge in [0.05, 0.1) is 5.52 Å². The van der Waals surface area contributed by atoms with Gasteiger partial charge in [-0.05, 0) is 49.7 Å². The molecule has 0 unspecified atom stereocenters. The maximum Gasteiger partial charge on any atom is 0.261 e. The van der Waals surface area contributed by atoms with Crippen molar-refractivity contribution in [1.29, 1.82) is 0 Å². The third-order valence-corrected chi connectivity index (χ3v) is 3.90. The molecule has 0 aliphatic carbocycles. The van der Waals surface area contributed by atoms with Crippen LogP contribution in [0.1, 0.15) is 22.8 Å². The second kappa shape index (κ2) is 6.28. The van der Waals surface area contributed by atoms with Crippen molar-refractivity contribution in [3.05, 3.63) is 75.8 Å². The van der Waals surface area contributed by atoms with Crippen molar-refractivity contribution in [2.45, 2.75) is 20.4 Å². The highest BCUT2D eigenvalue weighted by atomic mass is 19.1. The zero-order valence-electron chi connectivity index (χ0n) is 13.5. The zero-order chi connectivity index (χ0) is 17.3. The average Bonchev–Trinajstić information content (AvgIpc) is 2.55. The molecule has 2 aromatic carbocycles. The lowest BCUT2D eigenvalue weighted by Crippen LogP contribution is -2.24. The van der Waals surface area contributed by atoms with E-state index in [1.165, 1.54) is 18.3 Å². The van der Waals surface area contributed by atoms with Gasteiger partial charge in [-0.25, -0.2) is 4.39 Å². The van der Waals surface area contributed by atoms with Crippen LogP contribution >= 0.6 is 0 Å². The van der Waals surface area contributed by atoms with Gasteiger partial charge in [-0.15, -0.1) is 0 Å². The topological polar surface area (TPSA) is 51.1 Å². The Hall–Kier alpha value is -2.95. The van der Waals surface area contributed by atoms with Crippen LogP contribution in [0.4, 0.5) is 10.1 Å². The van der Waals surface area contributed by atoms with E-state index < -0.39 is 17.2 Å². The molecule has 0 aliphatic heterocycles. The van der Waals surface area contributed by atoms with E-state index in [9.17, 15) is 14.0 Å². The van der Waals surface area contributed by atoms with Gasteiger partial charge >= 0.3 is 0 Å². The molecule has 0 fully saturated rings. The number of nitrogens with one attached hydrogen (secondary N) is 1. The van der Waals surface area contributed by atoms with E-state index in [0.717, 1.165) is 5.56 Å². The van der Waals surface area contributed by atoms with E-state index >= 15 is 0 Å². The molecule has 1 aromatic heterocycles. The van der Waals surface area contributed by atoms with Crippen LogP contribution in [-0.4, -0.2) is 10.5 Å². The number of aromatic nitrogens is 1. The minimum absolute atomic E-state index is 0.00328. The highest BCUT2D eigenvalue weighted by molar-refractivity contribution is 6.05. The van der Waals surface area contributed by atoms with E-state index in [0.29, 0.717) is 17.7 Å². The van der Waals surface area contributed by atoms with Crippen LogP contribution in [0.15, 0.2) is 53.5 Å². The number of benzene rings is 2. The Kier molecular flexibility index (Phi) is 4.16. The molecule has 0 spiro atoms. The first-order valence-electron chi connectivity index (χ1n) is 7.70. The Bertz CT molecular complexity index is 992. The van der Waals surface area contributed by atoms with E-state index in [-0.39, 0.29) is 10.9 Å². The molecule has 0 bridgehead atoms. The number of amides is 1. The molecule has 0 saturated heterocycles. The largest absolute Gasteiger partial charge is 0.347 e. The third-order valence-electron chi connectivity index (χ3n) is 3.90. The number of halogens is 1. The third kappa shape index (κ3) is 2.93. The second-order valence-electron chi connectivity index (χ2n) is 5.64. The Morgan fingerprint density at radius 1 is 1.21 bits per heavy atom. The van der Waals surface area contributed by atoms with Gasteiger partial charge in [0.15, 0.2) is 0 Å². The fourth-order valence-corrected chi connectivity index (χ4v) is 2.71. The summed E-state index contributed by atoms with van der Waals surface area (Å²) in [6.07, 6.45) is 1.52. The van der Waals surface area contributed by atoms with Gasteiger partial charge in [-0.3, -0.25) is 9.59 Å². The molecule has 0 aliphatic rings. The van der Waals surface area contributed by atoms with Crippen molar-refractivity contribution in [2.24, 2.45) is 0 Å². The predicted octanol–water partition coefficient (Wildman–Crippen LogP) is 3.72. The Morgan fingerprint density at radius 2 is 2.00 bits per heavy atom. The molecule has 1 N–H and O–H groups in total. The minimum Gasteiger partial charge on any atom is -0.347 e. The van der Waals surface area contributed by atoms with Crippen LogP contribution in [0.25, 0.3) is 10.9 Å². The van der Waals surface area contributed by atoms with Crippen LogP contribution in [0.3, 0.4) is 0 Å².